The maximum absolute atomic E-state index is 9.56. The first kappa shape index (κ1) is 9.52. The number of β-amino-alcohol motifs (C(OH)–C–C–N with tert-alkyl or cyclic N) is 1. The molecule has 0 radical (unpaired) electrons. The Kier molecular flexibility index (Phi) is 2.72. The van der Waals surface area contributed by atoms with Gasteiger partial charge in [-0.2, -0.15) is 0 Å². The van der Waals surface area contributed by atoms with Gasteiger partial charge in [0.2, 0.25) is 5.95 Å². The van der Waals surface area contributed by atoms with Gasteiger partial charge in [-0.3, -0.25) is 0 Å². The van der Waals surface area contributed by atoms with Gasteiger partial charge in [-0.25, -0.2) is 4.98 Å². The molecule has 1 fully saturated rings. The largest absolute Gasteiger partial charge is 0.391 e. The first-order valence-electron chi connectivity index (χ1n) is 5.25. The van der Waals surface area contributed by atoms with Crippen molar-refractivity contribution in [1.29, 1.82) is 0 Å². The van der Waals surface area contributed by atoms with Crippen LogP contribution in [0.5, 0.6) is 0 Å². The van der Waals surface area contributed by atoms with Crippen LogP contribution in [-0.2, 0) is 6.54 Å². The normalized spacial score (nSPS) is 22.7. The van der Waals surface area contributed by atoms with Crippen molar-refractivity contribution in [2.45, 2.75) is 32.4 Å². The highest BCUT2D eigenvalue weighted by Gasteiger charge is 2.20. The average molecular weight is 195 g/mol. The molecule has 1 atom stereocenters. The SMILES string of the molecule is CCn1ccnc1N1CCCC(O)C1. The van der Waals surface area contributed by atoms with Crippen LogP contribution in [0, 0.1) is 0 Å². The molecule has 78 valence electrons. The summed E-state index contributed by atoms with van der Waals surface area (Å²) in [5.74, 6) is 0.992. The van der Waals surface area contributed by atoms with E-state index in [4.69, 9.17) is 0 Å². The van der Waals surface area contributed by atoms with Gasteiger partial charge in [0.25, 0.3) is 0 Å². The summed E-state index contributed by atoms with van der Waals surface area (Å²) < 4.78 is 2.11. The van der Waals surface area contributed by atoms with Crippen molar-refractivity contribution >= 4 is 5.95 Å². The lowest BCUT2D eigenvalue weighted by atomic mass is 10.1. The minimum atomic E-state index is -0.189. The van der Waals surface area contributed by atoms with Crippen LogP contribution in [-0.4, -0.2) is 33.9 Å². The van der Waals surface area contributed by atoms with Gasteiger partial charge in [-0.05, 0) is 19.8 Å². The Morgan fingerprint density at radius 2 is 2.50 bits per heavy atom. The second kappa shape index (κ2) is 4.00. The third kappa shape index (κ3) is 1.75. The van der Waals surface area contributed by atoms with E-state index in [1.165, 1.54) is 0 Å². The number of hydrogen-bond donors (Lipinski definition) is 1. The molecule has 0 aromatic carbocycles. The molecule has 1 aliphatic rings. The van der Waals surface area contributed by atoms with Crippen LogP contribution in [0.25, 0.3) is 0 Å². The van der Waals surface area contributed by atoms with Crippen molar-refractivity contribution < 1.29 is 5.11 Å². The average Bonchev–Trinajstić information content (AvgIpc) is 2.65. The molecule has 2 heterocycles. The first-order valence-corrected chi connectivity index (χ1v) is 5.25. The standard InChI is InChI=1S/C10H17N3O/c1-2-12-7-5-11-10(12)13-6-3-4-9(14)8-13/h5,7,9,14H,2-4,6,8H2,1H3. The predicted octanol–water partition coefficient (Wildman–Crippen LogP) is 0.864. The molecule has 1 aromatic rings. The van der Waals surface area contributed by atoms with E-state index in [9.17, 15) is 5.11 Å². The van der Waals surface area contributed by atoms with E-state index in [-0.39, 0.29) is 6.10 Å². The molecule has 4 heteroatoms. The van der Waals surface area contributed by atoms with Gasteiger partial charge in [0, 0.05) is 32.0 Å². The molecule has 1 N–H and O–H groups in total. The molecule has 0 aliphatic carbocycles. The molecule has 0 spiro atoms. The van der Waals surface area contributed by atoms with Crippen LogP contribution in [0.1, 0.15) is 19.8 Å². The quantitative estimate of drug-likeness (QED) is 0.761. The van der Waals surface area contributed by atoms with E-state index in [2.05, 4.69) is 21.4 Å². The Labute approximate surface area is 84.2 Å². The number of aliphatic hydroxyl groups is 1. The Bertz CT molecular complexity index is 297. The Morgan fingerprint density at radius 3 is 3.21 bits per heavy atom. The maximum atomic E-state index is 9.56. The lowest BCUT2D eigenvalue weighted by Gasteiger charge is -2.31. The van der Waals surface area contributed by atoms with Gasteiger partial charge in [0.1, 0.15) is 0 Å². The van der Waals surface area contributed by atoms with Crippen LogP contribution < -0.4 is 4.90 Å². The number of hydrogen-bond acceptors (Lipinski definition) is 3. The first-order chi connectivity index (χ1) is 6.81. The van der Waals surface area contributed by atoms with E-state index < -0.39 is 0 Å². The Balaban J connectivity index is 2.13. The fourth-order valence-corrected chi connectivity index (χ4v) is 1.97. The third-order valence-electron chi connectivity index (χ3n) is 2.71. The highest BCUT2D eigenvalue weighted by Crippen LogP contribution is 2.17. The van der Waals surface area contributed by atoms with Crippen LogP contribution in [0.15, 0.2) is 12.4 Å². The molecule has 1 unspecified atom stereocenters. The lowest BCUT2D eigenvalue weighted by molar-refractivity contribution is 0.153. The monoisotopic (exact) mass is 195 g/mol. The van der Waals surface area contributed by atoms with E-state index in [0.29, 0.717) is 0 Å². The third-order valence-corrected chi connectivity index (χ3v) is 2.71. The minimum absolute atomic E-state index is 0.189. The van der Waals surface area contributed by atoms with Crippen LogP contribution >= 0.6 is 0 Å². The summed E-state index contributed by atoms with van der Waals surface area (Å²) in [6.07, 6.45) is 5.59. The smallest absolute Gasteiger partial charge is 0.205 e. The van der Waals surface area contributed by atoms with Crippen molar-refractivity contribution in [3.05, 3.63) is 12.4 Å². The van der Waals surface area contributed by atoms with Crippen molar-refractivity contribution in [2.75, 3.05) is 18.0 Å². The highest BCUT2D eigenvalue weighted by molar-refractivity contribution is 5.32. The van der Waals surface area contributed by atoms with E-state index in [1.54, 1.807) is 0 Å². The second-order valence-electron chi connectivity index (χ2n) is 3.76. The summed E-state index contributed by atoms with van der Waals surface area (Å²) in [4.78, 5) is 6.49. The molecule has 1 saturated heterocycles. The summed E-state index contributed by atoms with van der Waals surface area (Å²) in [7, 11) is 0. The number of rotatable bonds is 2. The molecule has 0 saturated carbocycles. The predicted molar refractivity (Wildman–Crippen MR) is 55.4 cm³/mol. The zero-order chi connectivity index (χ0) is 9.97. The fraction of sp³-hybridized carbons (Fsp3) is 0.700. The summed E-state index contributed by atoms with van der Waals surface area (Å²) in [6.45, 7) is 4.76. The molecule has 14 heavy (non-hydrogen) atoms. The number of piperidine rings is 1. The molecule has 1 aromatic heterocycles. The molecular formula is C10H17N3O. The maximum Gasteiger partial charge on any atom is 0.205 e. The van der Waals surface area contributed by atoms with Crippen LogP contribution in [0.2, 0.25) is 0 Å². The number of anilines is 1. The molecule has 0 amide bonds. The molecule has 0 bridgehead atoms. The molecule has 4 nitrogen and oxygen atoms in total. The topological polar surface area (TPSA) is 41.3 Å². The number of imidazole rings is 1. The number of aromatic nitrogens is 2. The van der Waals surface area contributed by atoms with E-state index in [0.717, 1.165) is 38.4 Å². The molecule has 1 aliphatic heterocycles. The Morgan fingerprint density at radius 1 is 1.64 bits per heavy atom. The summed E-state index contributed by atoms with van der Waals surface area (Å²) in [6, 6.07) is 0. The van der Waals surface area contributed by atoms with Gasteiger partial charge in [-0.15, -0.1) is 0 Å². The zero-order valence-electron chi connectivity index (χ0n) is 8.56. The lowest BCUT2D eigenvalue weighted by Crippen LogP contribution is -2.39. The number of nitrogens with zero attached hydrogens (tertiary/aromatic N) is 3. The fourth-order valence-electron chi connectivity index (χ4n) is 1.97. The molecular weight excluding hydrogens is 178 g/mol. The van der Waals surface area contributed by atoms with Crippen LogP contribution in [0.3, 0.4) is 0 Å². The van der Waals surface area contributed by atoms with E-state index in [1.807, 2.05) is 12.4 Å². The van der Waals surface area contributed by atoms with E-state index >= 15 is 0 Å². The van der Waals surface area contributed by atoms with Crippen molar-refractivity contribution in [3.63, 3.8) is 0 Å². The number of aliphatic hydroxyl groups excluding tert-OH is 1. The van der Waals surface area contributed by atoms with Crippen molar-refractivity contribution in [2.24, 2.45) is 0 Å². The van der Waals surface area contributed by atoms with Gasteiger partial charge >= 0.3 is 0 Å². The summed E-state index contributed by atoms with van der Waals surface area (Å²) >= 11 is 0. The van der Waals surface area contributed by atoms with Gasteiger partial charge in [-0.1, -0.05) is 0 Å². The van der Waals surface area contributed by atoms with Gasteiger partial charge in [0.15, 0.2) is 0 Å². The van der Waals surface area contributed by atoms with Gasteiger partial charge < -0.3 is 14.6 Å². The second-order valence-corrected chi connectivity index (χ2v) is 3.76. The summed E-state index contributed by atoms with van der Waals surface area (Å²) in [5, 5.41) is 9.56. The Hall–Kier alpha value is -1.03. The molecule has 2 rings (SSSR count). The highest BCUT2D eigenvalue weighted by atomic mass is 16.3. The van der Waals surface area contributed by atoms with Crippen LogP contribution in [0.4, 0.5) is 5.95 Å². The van der Waals surface area contributed by atoms with Crippen molar-refractivity contribution in [3.8, 4) is 0 Å². The summed E-state index contributed by atoms with van der Waals surface area (Å²) in [5.41, 5.74) is 0. The minimum Gasteiger partial charge on any atom is -0.391 e. The number of aryl methyl sites for hydroxylation is 1. The zero-order valence-corrected chi connectivity index (χ0v) is 8.56. The van der Waals surface area contributed by atoms with Gasteiger partial charge in [0.05, 0.1) is 6.10 Å². The van der Waals surface area contributed by atoms with Crippen molar-refractivity contribution in [1.82, 2.24) is 9.55 Å².